The third-order valence-corrected chi connectivity index (χ3v) is 3.81. The molecule has 0 aliphatic rings. The minimum atomic E-state index is 1.00. The fraction of sp³-hybridized carbons (Fsp3) is 0.143. The van der Waals surface area contributed by atoms with Crippen LogP contribution in [-0.4, -0.2) is 6.54 Å². The molecular weight excluding hydrogens is 266 g/mol. The molecule has 0 aromatic heterocycles. The van der Waals surface area contributed by atoms with Gasteiger partial charge in [0, 0.05) is 12.2 Å². The largest absolute Gasteiger partial charge is 0.385 e. The number of anilines is 1. The van der Waals surface area contributed by atoms with Gasteiger partial charge in [-0.3, -0.25) is 0 Å². The molecule has 110 valence electrons. The first-order valence-electron chi connectivity index (χ1n) is 7.85. The summed E-state index contributed by atoms with van der Waals surface area (Å²) in [6, 6.07) is 29.8. The highest BCUT2D eigenvalue weighted by Gasteiger charge is 1.98. The van der Waals surface area contributed by atoms with Crippen LogP contribution < -0.4 is 5.32 Å². The van der Waals surface area contributed by atoms with Gasteiger partial charge in [-0.05, 0) is 41.7 Å². The lowest BCUT2D eigenvalue weighted by Crippen LogP contribution is -2.02. The highest BCUT2D eigenvalue weighted by atomic mass is 14.9. The zero-order chi connectivity index (χ0) is 15.0. The number of rotatable bonds is 6. The van der Waals surface area contributed by atoms with E-state index in [-0.39, 0.29) is 0 Å². The number of hydrogen-bond donors (Lipinski definition) is 1. The number of para-hydroxylation sites is 1. The molecule has 22 heavy (non-hydrogen) atoms. The van der Waals surface area contributed by atoms with E-state index >= 15 is 0 Å². The van der Waals surface area contributed by atoms with Gasteiger partial charge < -0.3 is 5.32 Å². The molecule has 0 amide bonds. The van der Waals surface area contributed by atoms with E-state index in [9.17, 15) is 0 Å². The predicted molar refractivity (Wildman–Crippen MR) is 95.1 cm³/mol. The second-order valence-corrected chi connectivity index (χ2v) is 5.46. The second-order valence-electron chi connectivity index (χ2n) is 5.46. The molecular formula is C21H21N. The lowest BCUT2D eigenvalue weighted by molar-refractivity contribution is 0.863. The summed E-state index contributed by atoms with van der Waals surface area (Å²) in [4.78, 5) is 0. The summed E-state index contributed by atoms with van der Waals surface area (Å²) in [5.41, 5.74) is 5.16. The zero-order valence-corrected chi connectivity index (χ0v) is 12.7. The van der Waals surface area contributed by atoms with Crippen LogP contribution in [0.1, 0.15) is 12.0 Å². The summed E-state index contributed by atoms with van der Waals surface area (Å²) >= 11 is 0. The van der Waals surface area contributed by atoms with Crippen LogP contribution in [0.5, 0.6) is 0 Å². The molecule has 0 atom stereocenters. The Morgan fingerprint density at radius 2 is 1.18 bits per heavy atom. The molecule has 0 spiro atoms. The van der Waals surface area contributed by atoms with Crippen molar-refractivity contribution in [3.63, 3.8) is 0 Å². The monoisotopic (exact) mass is 287 g/mol. The predicted octanol–water partition coefficient (Wildman–Crippen LogP) is 5.40. The molecule has 0 fully saturated rings. The van der Waals surface area contributed by atoms with Crippen LogP contribution in [0.15, 0.2) is 84.9 Å². The topological polar surface area (TPSA) is 12.0 Å². The molecule has 0 bridgehead atoms. The first kappa shape index (κ1) is 14.4. The van der Waals surface area contributed by atoms with Gasteiger partial charge in [0.05, 0.1) is 0 Å². The van der Waals surface area contributed by atoms with E-state index in [1.165, 1.54) is 22.4 Å². The molecule has 0 radical (unpaired) electrons. The average Bonchev–Trinajstić information content (AvgIpc) is 2.61. The molecule has 0 aliphatic carbocycles. The van der Waals surface area contributed by atoms with Crippen LogP contribution in [-0.2, 0) is 6.42 Å². The van der Waals surface area contributed by atoms with Crippen molar-refractivity contribution in [2.45, 2.75) is 12.8 Å². The van der Waals surface area contributed by atoms with Gasteiger partial charge in [-0.2, -0.15) is 0 Å². The minimum Gasteiger partial charge on any atom is -0.385 e. The van der Waals surface area contributed by atoms with E-state index in [1.54, 1.807) is 0 Å². The van der Waals surface area contributed by atoms with Gasteiger partial charge >= 0.3 is 0 Å². The SMILES string of the molecule is c1ccc(NCCCc2ccc(-c3ccccc3)cc2)cc1. The van der Waals surface area contributed by atoms with Crippen molar-refractivity contribution in [3.05, 3.63) is 90.5 Å². The summed E-state index contributed by atoms with van der Waals surface area (Å²) in [6.45, 7) is 1.00. The highest BCUT2D eigenvalue weighted by Crippen LogP contribution is 2.19. The highest BCUT2D eigenvalue weighted by molar-refractivity contribution is 5.63. The van der Waals surface area contributed by atoms with Gasteiger partial charge in [0.15, 0.2) is 0 Å². The maximum Gasteiger partial charge on any atom is 0.0340 e. The van der Waals surface area contributed by atoms with E-state index in [4.69, 9.17) is 0 Å². The Labute approximate surface area is 132 Å². The Bertz CT molecular complexity index is 672. The summed E-state index contributed by atoms with van der Waals surface area (Å²) in [5.74, 6) is 0. The maximum atomic E-state index is 3.45. The Balaban J connectivity index is 1.49. The summed E-state index contributed by atoms with van der Waals surface area (Å²) < 4.78 is 0. The summed E-state index contributed by atoms with van der Waals surface area (Å²) in [5, 5.41) is 3.45. The molecule has 1 nitrogen and oxygen atoms in total. The lowest BCUT2D eigenvalue weighted by atomic mass is 10.0. The van der Waals surface area contributed by atoms with Gasteiger partial charge in [0.1, 0.15) is 0 Å². The standard InChI is InChI=1S/C21H21N/c1-3-9-19(10-4-1)20-15-13-18(14-16-20)8-7-17-22-21-11-5-2-6-12-21/h1-6,9-16,22H,7-8,17H2. The van der Waals surface area contributed by atoms with Crippen molar-refractivity contribution in [2.75, 3.05) is 11.9 Å². The quantitative estimate of drug-likeness (QED) is 0.599. The molecule has 0 saturated carbocycles. The van der Waals surface area contributed by atoms with Crippen molar-refractivity contribution in [1.29, 1.82) is 0 Å². The zero-order valence-electron chi connectivity index (χ0n) is 12.7. The van der Waals surface area contributed by atoms with Crippen LogP contribution in [0.2, 0.25) is 0 Å². The van der Waals surface area contributed by atoms with Crippen molar-refractivity contribution in [3.8, 4) is 11.1 Å². The van der Waals surface area contributed by atoms with Crippen LogP contribution in [0.25, 0.3) is 11.1 Å². The van der Waals surface area contributed by atoms with E-state index in [0.717, 1.165) is 19.4 Å². The molecule has 1 heteroatoms. The van der Waals surface area contributed by atoms with Gasteiger partial charge in [0.25, 0.3) is 0 Å². The second kappa shape index (κ2) is 7.46. The summed E-state index contributed by atoms with van der Waals surface area (Å²) in [6.07, 6.45) is 2.24. The molecule has 3 rings (SSSR count). The van der Waals surface area contributed by atoms with Crippen LogP contribution in [0.4, 0.5) is 5.69 Å². The molecule has 3 aromatic carbocycles. The third kappa shape index (κ3) is 3.98. The van der Waals surface area contributed by atoms with E-state index in [1.807, 2.05) is 6.07 Å². The first-order valence-corrected chi connectivity index (χ1v) is 7.85. The molecule has 3 aromatic rings. The number of nitrogens with one attached hydrogen (secondary N) is 1. The van der Waals surface area contributed by atoms with Crippen molar-refractivity contribution < 1.29 is 0 Å². The van der Waals surface area contributed by atoms with Gasteiger partial charge in [-0.15, -0.1) is 0 Å². The van der Waals surface area contributed by atoms with E-state index < -0.39 is 0 Å². The van der Waals surface area contributed by atoms with E-state index in [2.05, 4.69) is 84.2 Å². The van der Waals surface area contributed by atoms with Gasteiger partial charge in [-0.25, -0.2) is 0 Å². The molecule has 0 unspecified atom stereocenters. The summed E-state index contributed by atoms with van der Waals surface area (Å²) in [7, 11) is 0. The Kier molecular flexibility index (Phi) is 4.88. The van der Waals surface area contributed by atoms with Crippen LogP contribution in [0.3, 0.4) is 0 Å². The first-order chi connectivity index (χ1) is 10.9. The number of aryl methyl sites for hydroxylation is 1. The van der Waals surface area contributed by atoms with Gasteiger partial charge in [0.2, 0.25) is 0 Å². The van der Waals surface area contributed by atoms with Crippen LogP contribution in [0, 0.1) is 0 Å². The van der Waals surface area contributed by atoms with Crippen molar-refractivity contribution >= 4 is 5.69 Å². The fourth-order valence-corrected chi connectivity index (χ4v) is 2.58. The minimum absolute atomic E-state index is 1.00. The Hall–Kier alpha value is -2.54. The van der Waals surface area contributed by atoms with Crippen molar-refractivity contribution in [1.82, 2.24) is 0 Å². The fourth-order valence-electron chi connectivity index (χ4n) is 2.58. The van der Waals surface area contributed by atoms with Crippen molar-refractivity contribution in [2.24, 2.45) is 0 Å². The van der Waals surface area contributed by atoms with Crippen LogP contribution >= 0.6 is 0 Å². The normalized spacial score (nSPS) is 10.4. The molecule has 0 saturated heterocycles. The number of hydrogen-bond acceptors (Lipinski definition) is 1. The van der Waals surface area contributed by atoms with E-state index in [0.29, 0.717) is 0 Å². The maximum absolute atomic E-state index is 3.45. The lowest BCUT2D eigenvalue weighted by Gasteiger charge is -2.07. The molecule has 0 aliphatic heterocycles. The third-order valence-electron chi connectivity index (χ3n) is 3.81. The Morgan fingerprint density at radius 1 is 0.591 bits per heavy atom. The average molecular weight is 287 g/mol. The Morgan fingerprint density at radius 3 is 1.86 bits per heavy atom. The smallest absolute Gasteiger partial charge is 0.0340 e. The van der Waals surface area contributed by atoms with Gasteiger partial charge in [-0.1, -0.05) is 72.8 Å². The number of benzene rings is 3. The molecule has 1 N–H and O–H groups in total. The molecule has 0 heterocycles.